The number of aliphatic hydroxyl groups excluding tert-OH is 1. The lowest BCUT2D eigenvalue weighted by Gasteiger charge is -2.36. The molecule has 3 aromatic rings. The summed E-state index contributed by atoms with van der Waals surface area (Å²) in [6, 6.07) is 23.8. The SMILES string of the molecule is CC(NC1c2c(I)ccc3c2C(CC1O)CN3C(=O)c1ccccc1)c1ccccc1. The molecule has 0 fully saturated rings. The number of hydrogen-bond acceptors (Lipinski definition) is 3. The topological polar surface area (TPSA) is 52.6 Å². The number of nitrogens with one attached hydrogen (secondary N) is 1. The molecule has 2 aliphatic rings. The third-order valence-corrected chi connectivity index (χ3v) is 7.47. The average molecular weight is 524 g/mol. The number of amides is 1. The number of rotatable bonds is 4. The molecule has 1 heterocycles. The van der Waals surface area contributed by atoms with Crippen molar-refractivity contribution in [1.82, 2.24) is 5.32 Å². The summed E-state index contributed by atoms with van der Waals surface area (Å²) in [5.74, 6) is 0.183. The van der Waals surface area contributed by atoms with E-state index in [9.17, 15) is 9.90 Å². The van der Waals surface area contributed by atoms with Gasteiger partial charge in [0.1, 0.15) is 0 Å². The molecular formula is C26H25IN2O2. The summed E-state index contributed by atoms with van der Waals surface area (Å²) in [7, 11) is 0. The molecule has 3 aromatic carbocycles. The van der Waals surface area contributed by atoms with Gasteiger partial charge >= 0.3 is 0 Å². The quantitative estimate of drug-likeness (QED) is 0.462. The summed E-state index contributed by atoms with van der Waals surface area (Å²) in [5, 5.41) is 14.8. The zero-order valence-electron chi connectivity index (χ0n) is 17.3. The van der Waals surface area contributed by atoms with E-state index < -0.39 is 6.10 Å². The van der Waals surface area contributed by atoms with Gasteiger partial charge in [0.15, 0.2) is 0 Å². The summed E-state index contributed by atoms with van der Waals surface area (Å²) < 4.78 is 1.13. The number of anilines is 1. The maximum absolute atomic E-state index is 13.3. The van der Waals surface area contributed by atoms with Crippen molar-refractivity contribution in [2.75, 3.05) is 11.4 Å². The minimum atomic E-state index is -0.501. The molecule has 0 bridgehead atoms. The smallest absolute Gasteiger partial charge is 0.258 e. The first-order valence-corrected chi connectivity index (χ1v) is 11.8. The van der Waals surface area contributed by atoms with Gasteiger partial charge in [-0.1, -0.05) is 48.5 Å². The van der Waals surface area contributed by atoms with E-state index in [1.165, 1.54) is 11.1 Å². The van der Waals surface area contributed by atoms with Crippen LogP contribution < -0.4 is 10.2 Å². The highest BCUT2D eigenvalue weighted by Gasteiger charge is 2.43. The lowest BCUT2D eigenvalue weighted by molar-refractivity contribution is 0.0938. The number of nitrogens with zero attached hydrogens (tertiary/aromatic N) is 1. The van der Waals surface area contributed by atoms with Crippen LogP contribution in [0.4, 0.5) is 5.69 Å². The van der Waals surface area contributed by atoms with Crippen LogP contribution >= 0.6 is 22.6 Å². The predicted molar refractivity (Wildman–Crippen MR) is 131 cm³/mol. The van der Waals surface area contributed by atoms with Gasteiger partial charge in [0.05, 0.1) is 12.1 Å². The number of carbonyl (C=O) groups excluding carboxylic acids is 1. The van der Waals surface area contributed by atoms with Crippen molar-refractivity contribution >= 4 is 34.2 Å². The normalized spacial score (nSPS) is 22.8. The van der Waals surface area contributed by atoms with Gasteiger partial charge in [-0.3, -0.25) is 4.79 Å². The fraction of sp³-hybridized carbons (Fsp3) is 0.269. The molecular weight excluding hydrogens is 499 g/mol. The van der Waals surface area contributed by atoms with E-state index in [4.69, 9.17) is 0 Å². The number of aliphatic hydroxyl groups is 1. The van der Waals surface area contributed by atoms with Crippen molar-refractivity contribution in [2.45, 2.75) is 37.5 Å². The van der Waals surface area contributed by atoms with Crippen molar-refractivity contribution < 1.29 is 9.90 Å². The Bertz CT molecular complexity index is 1100. The van der Waals surface area contributed by atoms with Crippen LogP contribution in [0.5, 0.6) is 0 Å². The molecule has 158 valence electrons. The zero-order valence-corrected chi connectivity index (χ0v) is 19.5. The second kappa shape index (κ2) is 8.37. The predicted octanol–water partition coefficient (Wildman–Crippen LogP) is 5.19. The van der Waals surface area contributed by atoms with Gasteiger partial charge in [-0.25, -0.2) is 0 Å². The van der Waals surface area contributed by atoms with E-state index in [1.807, 2.05) is 53.4 Å². The standard InChI is InChI=1S/C26H25IN2O2/c1-16(17-8-4-2-5-9-17)28-25-22(30)14-19-15-29(26(31)18-10-6-3-7-11-18)21-13-12-20(27)24(25)23(19)21/h2-13,16,19,22,25,28,30H,14-15H2,1H3. The zero-order chi connectivity index (χ0) is 21.5. The molecule has 1 aliphatic carbocycles. The number of carbonyl (C=O) groups is 1. The monoisotopic (exact) mass is 524 g/mol. The highest BCUT2D eigenvalue weighted by atomic mass is 127. The van der Waals surface area contributed by atoms with E-state index in [2.05, 4.69) is 59.1 Å². The molecule has 4 unspecified atom stereocenters. The minimum Gasteiger partial charge on any atom is -0.391 e. The van der Waals surface area contributed by atoms with Crippen LogP contribution in [0.2, 0.25) is 0 Å². The summed E-state index contributed by atoms with van der Waals surface area (Å²) in [4.78, 5) is 15.2. The molecule has 5 rings (SSSR count). The van der Waals surface area contributed by atoms with Gasteiger partial charge in [-0.05, 0) is 76.9 Å². The average Bonchev–Trinajstić information content (AvgIpc) is 3.16. The highest BCUT2D eigenvalue weighted by Crippen LogP contribution is 2.50. The van der Waals surface area contributed by atoms with Crippen LogP contribution in [0, 0.1) is 3.57 Å². The fourth-order valence-electron chi connectivity index (χ4n) is 5.03. The van der Waals surface area contributed by atoms with Gasteiger partial charge in [0, 0.05) is 33.3 Å². The first-order valence-electron chi connectivity index (χ1n) is 10.7. The Morgan fingerprint density at radius 2 is 1.71 bits per heavy atom. The maximum atomic E-state index is 13.3. The Balaban J connectivity index is 1.52. The maximum Gasteiger partial charge on any atom is 0.258 e. The van der Waals surface area contributed by atoms with Crippen molar-refractivity contribution in [3.05, 3.63) is 98.6 Å². The van der Waals surface area contributed by atoms with Crippen molar-refractivity contribution in [3.63, 3.8) is 0 Å². The van der Waals surface area contributed by atoms with Crippen molar-refractivity contribution in [3.8, 4) is 0 Å². The Morgan fingerprint density at radius 1 is 1.03 bits per heavy atom. The van der Waals surface area contributed by atoms with E-state index >= 15 is 0 Å². The van der Waals surface area contributed by atoms with Gasteiger partial charge in [0.25, 0.3) is 5.91 Å². The third kappa shape index (κ3) is 3.69. The lowest BCUT2D eigenvalue weighted by Crippen LogP contribution is -2.39. The van der Waals surface area contributed by atoms with E-state index in [1.54, 1.807) is 0 Å². The summed E-state index contributed by atoms with van der Waals surface area (Å²) in [5.41, 5.74) is 5.24. The molecule has 31 heavy (non-hydrogen) atoms. The number of hydrogen-bond donors (Lipinski definition) is 2. The lowest BCUT2D eigenvalue weighted by atomic mass is 9.79. The van der Waals surface area contributed by atoms with Gasteiger partial charge < -0.3 is 15.3 Å². The molecule has 2 N–H and O–H groups in total. The van der Waals surface area contributed by atoms with Gasteiger partial charge in [0.2, 0.25) is 0 Å². The van der Waals surface area contributed by atoms with Crippen LogP contribution in [-0.4, -0.2) is 23.7 Å². The molecule has 0 spiro atoms. The third-order valence-electron chi connectivity index (χ3n) is 6.53. The van der Waals surface area contributed by atoms with Crippen molar-refractivity contribution in [1.29, 1.82) is 0 Å². The largest absolute Gasteiger partial charge is 0.391 e. The Hall–Kier alpha value is -2.22. The first kappa shape index (κ1) is 20.7. The Morgan fingerprint density at radius 3 is 2.42 bits per heavy atom. The van der Waals surface area contributed by atoms with E-state index in [0.29, 0.717) is 18.5 Å². The molecule has 0 radical (unpaired) electrons. The van der Waals surface area contributed by atoms with E-state index in [0.717, 1.165) is 14.8 Å². The molecule has 0 aromatic heterocycles. The molecule has 0 saturated carbocycles. The second-order valence-corrected chi connectivity index (χ2v) is 9.61. The summed E-state index contributed by atoms with van der Waals surface area (Å²) >= 11 is 2.37. The Kier molecular flexibility index (Phi) is 5.58. The van der Waals surface area contributed by atoms with Crippen LogP contribution in [-0.2, 0) is 0 Å². The number of benzene rings is 3. The highest BCUT2D eigenvalue weighted by molar-refractivity contribution is 14.1. The molecule has 1 amide bonds. The van der Waals surface area contributed by atoms with E-state index in [-0.39, 0.29) is 23.9 Å². The van der Waals surface area contributed by atoms with Crippen LogP contribution in [0.1, 0.15) is 58.4 Å². The molecule has 4 nitrogen and oxygen atoms in total. The van der Waals surface area contributed by atoms with Crippen LogP contribution in [0.25, 0.3) is 0 Å². The van der Waals surface area contributed by atoms with Crippen LogP contribution in [0.15, 0.2) is 72.8 Å². The van der Waals surface area contributed by atoms with Gasteiger partial charge in [-0.15, -0.1) is 0 Å². The Labute approximate surface area is 196 Å². The molecule has 1 aliphatic heterocycles. The molecule has 0 saturated heterocycles. The second-order valence-electron chi connectivity index (χ2n) is 8.45. The molecule has 4 atom stereocenters. The molecule has 5 heteroatoms. The van der Waals surface area contributed by atoms with Crippen LogP contribution in [0.3, 0.4) is 0 Å². The van der Waals surface area contributed by atoms with Crippen molar-refractivity contribution in [2.24, 2.45) is 0 Å². The fourth-order valence-corrected chi connectivity index (χ4v) is 5.84. The van der Waals surface area contributed by atoms with Gasteiger partial charge in [-0.2, -0.15) is 0 Å². The number of halogens is 1. The summed E-state index contributed by atoms with van der Waals surface area (Å²) in [6.45, 7) is 2.75. The summed E-state index contributed by atoms with van der Waals surface area (Å²) in [6.07, 6.45) is 0.150. The minimum absolute atomic E-state index is 0.0232. The first-order chi connectivity index (χ1) is 15.0.